The molecule has 1 aliphatic rings. The second-order valence-corrected chi connectivity index (χ2v) is 8.88. The lowest BCUT2D eigenvalue weighted by atomic mass is 9.95. The normalized spacial score (nSPS) is 13.7. The van der Waals surface area contributed by atoms with E-state index >= 15 is 0 Å². The number of hydrogen-bond donors (Lipinski definition) is 5. The number of carbonyl (C=O) groups is 2. The number of hydrogen-bond acceptors (Lipinski definition) is 5. The quantitative estimate of drug-likeness (QED) is 0.205. The molecule has 7 nitrogen and oxygen atoms in total. The van der Waals surface area contributed by atoms with Gasteiger partial charge in [-0.15, -0.1) is 0 Å². The Morgan fingerprint density at radius 2 is 1.75 bits per heavy atom. The molecule has 0 aliphatic carbocycles. The first kappa shape index (κ1) is 24.7. The van der Waals surface area contributed by atoms with Crippen molar-refractivity contribution in [3.05, 3.63) is 95.1 Å². The molecule has 0 fully saturated rings. The van der Waals surface area contributed by atoms with Crippen molar-refractivity contribution < 1.29 is 14.8 Å². The van der Waals surface area contributed by atoms with Crippen molar-refractivity contribution in [3.8, 4) is 11.8 Å². The van der Waals surface area contributed by atoms with E-state index in [9.17, 15) is 14.8 Å². The van der Waals surface area contributed by atoms with Crippen molar-refractivity contribution in [2.75, 3.05) is 17.2 Å². The molecule has 0 bridgehead atoms. The van der Waals surface area contributed by atoms with Gasteiger partial charge in [0.2, 0.25) is 0 Å². The molecule has 0 aromatic heterocycles. The van der Waals surface area contributed by atoms with Gasteiger partial charge in [0.05, 0.1) is 22.5 Å². The van der Waals surface area contributed by atoms with Crippen LogP contribution < -0.4 is 21.4 Å². The summed E-state index contributed by atoms with van der Waals surface area (Å²) < 4.78 is 0. The zero-order chi connectivity index (χ0) is 25.7. The van der Waals surface area contributed by atoms with Crippen LogP contribution in [0.5, 0.6) is 0 Å². The Morgan fingerprint density at radius 3 is 2.42 bits per heavy atom. The van der Waals surface area contributed by atoms with Gasteiger partial charge in [-0.2, -0.15) is 5.48 Å². The maximum atomic E-state index is 13.2. The van der Waals surface area contributed by atoms with E-state index in [1.807, 2.05) is 81.4 Å². The molecule has 182 valence electrons. The minimum atomic E-state index is -0.596. The van der Waals surface area contributed by atoms with E-state index in [-0.39, 0.29) is 11.8 Å². The zero-order valence-electron chi connectivity index (χ0n) is 20.4. The predicted octanol–water partition coefficient (Wildman–Crippen LogP) is 4.32. The molecule has 0 saturated carbocycles. The Hall–Kier alpha value is -4.38. The summed E-state index contributed by atoms with van der Waals surface area (Å²) in [5.74, 6) is 4.83. The Morgan fingerprint density at radius 1 is 1.03 bits per heavy atom. The van der Waals surface area contributed by atoms with Gasteiger partial charge in [0.1, 0.15) is 0 Å². The van der Waals surface area contributed by atoms with Gasteiger partial charge in [-0.1, -0.05) is 54.5 Å². The molecule has 0 spiro atoms. The molecule has 0 atom stereocenters. The van der Waals surface area contributed by atoms with Crippen molar-refractivity contribution in [3.63, 3.8) is 0 Å². The van der Waals surface area contributed by atoms with Crippen LogP contribution in [-0.4, -0.2) is 23.6 Å². The van der Waals surface area contributed by atoms with E-state index in [1.54, 1.807) is 12.1 Å². The summed E-state index contributed by atoms with van der Waals surface area (Å²) in [4.78, 5) is 24.9. The Bertz CT molecular complexity index is 1380. The first-order valence-electron chi connectivity index (χ1n) is 11.7. The Kier molecular flexibility index (Phi) is 7.20. The van der Waals surface area contributed by atoms with Crippen LogP contribution in [0.4, 0.5) is 11.4 Å². The number of amides is 2. The van der Waals surface area contributed by atoms with Gasteiger partial charge in [-0.05, 0) is 56.2 Å². The number of hydroxylamine groups is 1. The molecule has 0 radical (unpaired) electrons. The lowest BCUT2D eigenvalue weighted by molar-refractivity contribution is -0.115. The minimum Gasteiger partial charge on any atom is -0.354 e. The van der Waals surface area contributed by atoms with E-state index in [4.69, 9.17) is 0 Å². The molecule has 36 heavy (non-hydrogen) atoms. The van der Waals surface area contributed by atoms with E-state index in [0.717, 1.165) is 22.4 Å². The first-order chi connectivity index (χ1) is 17.3. The zero-order valence-corrected chi connectivity index (χ0v) is 20.4. The van der Waals surface area contributed by atoms with Crippen LogP contribution >= 0.6 is 0 Å². The predicted molar refractivity (Wildman–Crippen MR) is 142 cm³/mol. The summed E-state index contributed by atoms with van der Waals surface area (Å²) >= 11 is 0. The number of benzene rings is 3. The maximum absolute atomic E-state index is 13.2. The number of nitrogens with one attached hydrogen (secondary N) is 4. The summed E-state index contributed by atoms with van der Waals surface area (Å²) in [6, 6.07) is 22.7. The fraction of sp³-hybridized carbons (Fsp3) is 0.172. The number of anilines is 2. The highest BCUT2D eigenvalue weighted by Gasteiger charge is 2.28. The molecule has 4 rings (SSSR count). The molecule has 1 heterocycles. The highest BCUT2D eigenvalue weighted by atomic mass is 16.5. The summed E-state index contributed by atoms with van der Waals surface area (Å²) in [6.45, 7) is 6.09. The fourth-order valence-corrected chi connectivity index (χ4v) is 3.90. The van der Waals surface area contributed by atoms with Crippen LogP contribution in [0.3, 0.4) is 0 Å². The van der Waals surface area contributed by atoms with Gasteiger partial charge < -0.3 is 21.2 Å². The summed E-state index contributed by atoms with van der Waals surface area (Å²) in [6.07, 6.45) is 0. The van der Waals surface area contributed by atoms with Gasteiger partial charge >= 0.3 is 0 Å². The molecule has 0 saturated heterocycles. The highest BCUT2D eigenvalue weighted by Crippen LogP contribution is 2.38. The summed E-state index contributed by atoms with van der Waals surface area (Å²) in [7, 11) is 0. The third-order valence-electron chi connectivity index (χ3n) is 5.89. The Balaban J connectivity index is 1.74. The molecule has 2 amide bonds. The van der Waals surface area contributed by atoms with Crippen molar-refractivity contribution in [1.29, 1.82) is 0 Å². The van der Waals surface area contributed by atoms with Crippen LogP contribution in [0.1, 0.15) is 43.0 Å². The second-order valence-electron chi connectivity index (χ2n) is 8.88. The van der Waals surface area contributed by atoms with Crippen molar-refractivity contribution in [1.82, 2.24) is 10.8 Å². The molecule has 3 aromatic carbocycles. The van der Waals surface area contributed by atoms with Crippen LogP contribution in [0.2, 0.25) is 0 Å². The lowest BCUT2D eigenvalue weighted by Crippen LogP contribution is -2.33. The molecular weight excluding hydrogens is 452 g/mol. The van der Waals surface area contributed by atoms with Gasteiger partial charge in [0.15, 0.2) is 0 Å². The van der Waals surface area contributed by atoms with Crippen LogP contribution in [0, 0.1) is 11.8 Å². The molecule has 7 heteroatoms. The first-order valence-corrected chi connectivity index (χ1v) is 11.7. The average molecular weight is 481 g/mol. The van der Waals surface area contributed by atoms with Crippen LogP contribution in [-0.2, 0) is 15.1 Å². The van der Waals surface area contributed by atoms with Gasteiger partial charge in [-0.3, -0.25) is 9.59 Å². The van der Waals surface area contributed by atoms with Gasteiger partial charge in [0.25, 0.3) is 11.8 Å². The number of fused-ring (bicyclic) bond motifs is 1. The number of rotatable bonds is 6. The number of carbonyl (C=O) groups excluding carboxylic acids is 2. The monoisotopic (exact) mass is 480 g/mol. The molecule has 0 unspecified atom stereocenters. The van der Waals surface area contributed by atoms with E-state index in [1.165, 1.54) is 0 Å². The van der Waals surface area contributed by atoms with Crippen LogP contribution in [0.25, 0.3) is 11.3 Å². The lowest BCUT2D eigenvalue weighted by Gasteiger charge is -2.23. The highest BCUT2D eigenvalue weighted by molar-refractivity contribution is 6.37. The smallest absolute Gasteiger partial charge is 0.296 e. The van der Waals surface area contributed by atoms with E-state index in [2.05, 4.69) is 33.3 Å². The Labute approximate surface area is 210 Å². The third kappa shape index (κ3) is 5.31. The largest absolute Gasteiger partial charge is 0.354 e. The second kappa shape index (κ2) is 10.5. The summed E-state index contributed by atoms with van der Waals surface area (Å²) in [5, 5.41) is 18.4. The maximum Gasteiger partial charge on any atom is 0.296 e. The minimum absolute atomic E-state index is 0.229. The van der Waals surface area contributed by atoms with E-state index in [0.29, 0.717) is 29.1 Å². The summed E-state index contributed by atoms with van der Waals surface area (Å²) in [5.41, 5.74) is 7.48. The van der Waals surface area contributed by atoms with E-state index < -0.39 is 5.54 Å². The van der Waals surface area contributed by atoms with Crippen molar-refractivity contribution >= 4 is 34.5 Å². The van der Waals surface area contributed by atoms with Gasteiger partial charge in [-0.25, -0.2) is 0 Å². The van der Waals surface area contributed by atoms with Crippen LogP contribution in [0.15, 0.2) is 72.8 Å². The van der Waals surface area contributed by atoms with Crippen molar-refractivity contribution in [2.24, 2.45) is 0 Å². The molecule has 1 aliphatic heterocycles. The SMILES string of the molecule is CCNC(=O)C#Cc1ccc2c(c1)NC(=O)C2=C(Nc1ccc(C(C)(C)NO)cc1)c1ccccc1. The topological polar surface area (TPSA) is 102 Å². The van der Waals surface area contributed by atoms with Gasteiger partial charge in [0, 0.05) is 29.3 Å². The average Bonchev–Trinajstić information content (AvgIpc) is 3.21. The standard InChI is InChI=1S/C29H28N4O3/c1-4-30-25(34)17-11-19-10-16-23-24(18-19)32-28(35)26(23)27(20-8-6-5-7-9-20)31-22-14-12-21(13-15-22)29(2,3)33-36/h5-10,12-16,18,31,33,36H,4H2,1-3H3,(H,30,34)(H,32,35). The van der Waals surface area contributed by atoms with Crippen molar-refractivity contribution in [2.45, 2.75) is 26.3 Å². The fourth-order valence-electron chi connectivity index (χ4n) is 3.90. The molecular formula is C29H28N4O3. The third-order valence-corrected chi connectivity index (χ3v) is 5.89. The molecule has 5 N–H and O–H groups in total. The molecule has 3 aromatic rings.